The highest BCUT2D eigenvalue weighted by atomic mass is 35.5. The van der Waals surface area contributed by atoms with Gasteiger partial charge in [0.25, 0.3) is 10.0 Å². The van der Waals surface area contributed by atoms with Crippen molar-refractivity contribution in [3.8, 4) is 0 Å². The second-order valence-corrected chi connectivity index (χ2v) is 7.12. The minimum absolute atomic E-state index is 0.0384. The van der Waals surface area contributed by atoms with E-state index in [1.165, 1.54) is 0 Å². The second-order valence-electron chi connectivity index (χ2n) is 3.89. The summed E-state index contributed by atoms with van der Waals surface area (Å²) in [7, 11) is -3.52. The van der Waals surface area contributed by atoms with Crippen molar-refractivity contribution in [2.75, 3.05) is 6.61 Å². The van der Waals surface area contributed by atoms with Gasteiger partial charge in [-0.1, -0.05) is 18.5 Å². The van der Waals surface area contributed by atoms with Crippen LogP contribution in [0.2, 0.25) is 5.02 Å². The Kier molecular flexibility index (Phi) is 4.10. The Balaban J connectivity index is 2.16. The number of thiophene rings is 1. The minimum Gasteiger partial charge on any atom is -0.377 e. The zero-order valence-electron chi connectivity index (χ0n) is 9.35. The molecule has 1 N–H and O–H groups in total. The van der Waals surface area contributed by atoms with Crippen LogP contribution in [-0.4, -0.2) is 27.2 Å². The van der Waals surface area contributed by atoms with Gasteiger partial charge in [-0.25, -0.2) is 13.1 Å². The van der Waals surface area contributed by atoms with Crippen LogP contribution in [0.3, 0.4) is 0 Å². The van der Waals surface area contributed by atoms with Gasteiger partial charge in [-0.15, -0.1) is 11.3 Å². The third-order valence-corrected chi connectivity index (χ3v) is 6.26. The zero-order valence-corrected chi connectivity index (χ0v) is 11.7. The summed E-state index contributed by atoms with van der Waals surface area (Å²) in [5.41, 5.74) is 0. The number of hydrogen-bond acceptors (Lipinski definition) is 4. The van der Waals surface area contributed by atoms with Crippen LogP contribution >= 0.6 is 22.9 Å². The maximum atomic E-state index is 12.1. The summed E-state index contributed by atoms with van der Waals surface area (Å²) in [5.74, 6) is 0. The molecule has 1 aliphatic rings. The molecule has 0 aliphatic carbocycles. The molecule has 96 valence electrons. The molecule has 0 saturated carbocycles. The maximum absolute atomic E-state index is 12.1. The first-order valence-electron chi connectivity index (χ1n) is 5.41. The Morgan fingerprint density at radius 2 is 2.41 bits per heavy atom. The summed E-state index contributed by atoms with van der Waals surface area (Å²) < 4.78 is 32.5. The first-order chi connectivity index (χ1) is 8.04. The number of nitrogens with one attached hydrogen (secondary N) is 1. The van der Waals surface area contributed by atoms with Crippen LogP contribution in [0.4, 0.5) is 0 Å². The molecule has 0 unspecified atom stereocenters. The lowest BCUT2D eigenvalue weighted by Gasteiger charge is -2.17. The highest BCUT2D eigenvalue weighted by Crippen LogP contribution is 2.28. The molecule has 0 radical (unpaired) electrons. The number of hydrogen-bond donors (Lipinski definition) is 1. The lowest BCUT2D eigenvalue weighted by Crippen LogP contribution is -2.39. The van der Waals surface area contributed by atoms with Crippen molar-refractivity contribution in [2.24, 2.45) is 0 Å². The largest absolute Gasteiger partial charge is 0.377 e. The normalized spacial score (nSPS) is 25.3. The summed E-state index contributed by atoms with van der Waals surface area (Å²) >= 11 is 6.97. The monoisotopic (exact) mass is 295 g/mol. The SMILES string of the molecule is CC[C@H]1OCC[C@@H]1NS(=O)(=O)c1sccc1Cl. The fourth-order valence-electron chi connectivity index (χ4n) is 1.91. The lowest BCUT2D eigenvalue weighted by molar-refractivity contribution is 0.0990. The molecule has 17 heavy (non-hydrogen) atoms. The topological polar surface area (TPSA) is 55.4 Å². The van der Waals surface area contributed by atoms with Crippen LogP contribution in [0.1, 0.15) is 19.8 Å². The average molecular weight is 296 g/mol. The molecule has 2 heterocycles. The van der Waals surface area contributed by atoms with Crippen molar-refractivity contribution in [3.63, 3.8) is 0 Å². The molecular weight excluding hydrogens is 282 g/mol. The average Bonchev–Trinajstić information content (AvgIpc) is 2.86. The molecule has 1 aliphatic heterocycles. The van der Waals surface area contributed by atoms with Gasteiger partial charge in [-0.3, -0.25) is 0 Å². The molecule has 0 spiro atoms. The number of ether oxygens (including phenoxy) is 1. The summed E-state index contributed by atoms with van der Waals surface area (Å²) in [5, 5.41) is 1.94. The van der Waals surface area contributed by atoms with Crippen LogP contribution in [0.15, 0.2) is 15.7 Å². The number of sulfonamides is 1. The van der Waals surface area contributed by atoms with E-state index < -0.39 is 10.0 Å². The van der Waals surface area contributed by atoms with E-state index in [1.54, 1.807) is 11.4 Å². The summed E-state index contributed by atoms with van der Waals surface area (Å²) in [6.45, 7) is 2.58. The second kappa shape index (κ2) is 5.24. The van der Waals surface area contributed by atoms with Gasteiger partial charge in [0.05, 0.1) is 17.2 Å². The fourth-order valence-corrected chi connectivity index (χ4v) is 4.91. The van der Waals surface area contributed by atoms with Gasteiger partial charge < -0.3 is 4.74 Å². The Morgan fingerprint density at radius 1 is 1.65 bits per heavy atom. The molecule has 1 saturated heterocycles. The molecule has 0 bridgehead atoms. The van der Waals surface area contributed by atoms with E-state index in [-0.39, 0.29) is 21.4 Å². The Morgan fingerprint density at radius 3 is 3.00 bits per heavy atom. The predicted octanol–water partition coefficient (Wildman–Crippen LogP) is 2.25. The molecule has 2 rings (SSSR count). The number of rotatable bonds is 4. The quantitative estimate of drug-likeness (QED) is 0.927. The maximum Gasteiger partial charge on any atom is 0.251 e. The van der Waals surface area contributed by atoms with Crippen LogP contribution in [0.25, 0.3) is 0 Å². The van der Waals surface area contributed by atoms with Crippen molar-refractivity contribution in [1.82, 2.24) is 4.72 Å². The van der Waals surface area contributed by atoms with E-state index in [0.717, 1.165) is 17.8 Å². The number of halogens is 1. The van der Waals surface area contributed by atoms with Crippen molar-refractivity contribution < 1.29 is 13.2 Å². The molecular formula is C10H14ClNO3S2. The smallest absolute Gasteiger partial charge is 0.251 e. The molecule has 1 aromatic heterocycles. The van der Waals surface area contributed by atoms with Crippen LogP contribution in [-0.2, 0) is 14.8 Å². The van der Waals surface area contributed by atoms with Crippen molar-refractivity contribution in [1.29, 1.82) is 0 Å². The van der Waals surface area contributed by atoms with Crippen molar-refractivity contribution in [3.05, 3.63) is 16.5 Å². The molecule has 0 amide bonds. The van der Waals surface area contributed by atoms with Gasteiger partial charge >= 0.3 is 0 Å². The van der Waals surface area contributed by atoms with Gasteiger partial charge in [-0.05, 0) is 24.3 Å². The first kappa shape index (κ1) is 13.3. The van der Waals surface area contributed by atoms with Gasteiger partial charge in [0.15, 0.2) is 4.21 Å². The predicted molar refractivity (Wildman–Crippen MR) is 68.1 cm³/mol. The van der Waals surface area contributed by atoms with E-state index in [9.17, 15) is 8.42 Å². The van der Waals surface area contributed by atoms with Gasteiger partial charge in [0, 0.05) is 6.61 Å². The van der Waals surface area contributed by atoms with Crippen molar-refractivity contribution >= 4 is 33.0 Å². The van der Waals surface area contributed by atoms with Gasteiger partial charge in [-0.2, -0.15) is 0 Å². The van der Waals surface area contributed by atoms with Gasteiger partial charge in [0.1, 0.15) is 0 Å². The van der Waals surface area contributed by atoms with E-state index in [4.69, 9.17) is 16.3 Å². The highest BCUT2D eigenvalue weighted by molar-refractivity contribution is 7.91. The zero-order chi connectivity index (χ0) is 12.5. The summed E-state index contributed by atoms with van der Waals surface area (Å²) in [4.78, 5) is 0. The molecule has 4 nitrogen and oxygen atoms in total. The van der Waals surface area contributed by atoms with E-state index >= 15 is 0 Å². The van der Waals surface area contributed by atoms with Crippen molar-refractivity contribution in [2.45, 2.75) is 36.1 Å². The summed E-state index contributed by atoms with van der Waals surface area (Å²) in [6, 6.07) is 1.44. The minimum atomic E-state index is -3.52. The van der Waals surface area contributed by atoms with E-state index in [2.05, 4.69) is 4.72 Å². The summed E-state index contributed by atoms with van der Waals surface area (Å²) in [6.07, 6.45) is 1.47. The van der Waals surface area contributed by atoms with Crippen LogP contribution < -0.4 is 4.72 Å². The lowest BCUT2D eigenvalue weighted by atomic mass is 10.1. The molecule has 7 heteroatoms. The Bertz CT molecular complexity index is 485. The molecule has 0 aromatic carbocycles. The fraction of sp³-hybridized carbons (Fsp3) is 0.600. The van der Waals surface area contributed by atoms with E-state index in [0.29, 0.717) is 13.0 Å². The standard InChI is InChI=1S/C10H14ClNO3S2/c1-2-9-8(3-5-15-9)12-17(13,14)10-7(11)4-6-16-10/h4,6,8-9,12H,2-3,5H2,1H3/t8-,9+/m0/s1. The Labute approximate surface area is 110 Å². The van der Waals surface area contributed by atoms with Gasteiger partial charge in [0.2, 0.25) is 0 Å². The third-order valence-electron chi connectivity index (χ3n) is 2.75. The first-order valence-corrected chi connectivity index (χ1v) is 8.15. The molecule has 2 atom stereocenters. The van der Waals surface area contributed by atoms with Crippen LogP contribution in [0, 0.1) is 0 Å². The molecule has 1 fully saturated rings. The molecule has 1 aromatic rings. The third kappa shape index (κ3) is 2.82. The Hall–Kier alpha value is -0.140. The highest BCUT2D eigenvalue weighted by Gasteiger charge is 2.32. The van der Waals surface area contributed by atoms with E-state index in [1.807, 2.05) is 6.92 Å². The van der Waals surface area contributed by atoms with Crippen LogP contribution in [0.5, 0.6) is 0 Å².